The van der Waals surface area contributed by atoms with Crippen molar-refractivity contribution in [3.8, 4) is 12.3 Å². The van der Waals surface area contributed by atoms with Gasteiger partial charge in [-0.25, -0.2) is 0 Å². The van der Waals surface area contributed by atoms with Gasteiger partial charge in [-0.1, -0.05) is 26.7 Å². The highest BCUT2D eigenvalue weighted by Gasteiger charge is 2.39. The summed E-state index contributed by atoms with van der Waals surface area (Å²) in [4.78, 5) is 24.7. The normalized spacial score (nSPS) is 22.3. The molecule has 0 spiro atoms. The first-order valence-electron chi connectivity index (χ1n) is 4.88. The number of hydrogen-bond donors (Lipinski definition) is 1. The van der Waals surface area contributed by atoms with E-state index in [0.29, 0.717) is 0 Å². The molecule has 0 aromatic carbocycles. The van der Waals surface area contributed by atoms with E-state index in [-0.39, 0.29) is 30.3 Å². The Morgan fingerprint density at radius 1 is 1.53 bits per heavy atom. The molecule has 1 atom stereocenters. The van der Waals surface area contributed by atoms with Gasteiger partial charge in [0, 0.05) is 0 Å². The fourth-order valence-corrected chi connectivity index (χ4v) is 1.53. The van der Waals surface area contributed by atoms with Crippen LogP contribution in [0.15, 0.2) is 0 Å². The Morgan fingerprint density at radius 2 is 2.13 bits per heavy atom. The van der Waals surface area contributed by atoms with Crippen LogP contribution in [0, 0.1) is 17.8 Å². The van der Waals surface area contributed by atoms with E-state index in [1.165, 1.54) is 4.90 Å². The topological polar surface area (TPSA) is 49.4 Å². The minimum Gasteiger partial charge on any atom is -0.342 e. The maximum absolute atomic E-state index is 11.9. The van der Waals surface area contributed by atoms with Crippen molar-refractivity contribution in [2.75, 3.05) is 13.1 Å². The van der Waals surface area contributed by atoms with E-state index in [1.807, 2.05) is 20.8 Å². The Bertz CT molecular complexity index is 322. The maximum atomic E-state index is 11.9. The lowest BCUT2D eigenvalue weighted by Gasteiger charge is -2.38. The lowest BCUT2D eigenvalue weighted by molar-refractivity contribution is -0.146. The van der Waals surface area contributed by atoms with Gasteiger partial charge in [-0.15, -0.1) is 6.42 Å². The van der Waals surface area contributed by atoms with Crippen LogP contribution in [0.25, 0.3) is 0 Å². The third-order valence-electron chi connectivity index (χ3n) is 2.35. The van der Waals surface area contributed by atoms with Crippen molar-refractivity contribution in [2.45, 2.75) is 26.8 Å². The molecule has 15 heavy (non-hydrogen) atoms. The Kier molecular flexibility index (Phi) is 3.04. The van der Waals surface area contributed by atoms with E-state index in [9.17, 15) is 9.59 Å². The molecule has 0 bridgehead atoms. The molecule has 1 unspecified atom stereocenters. The van der Waals surface area contributed by atoms with Crippen molar-refractivity contribution in [3.63, 3.8) is 0 Å². The maximum Gasteiger partial charge on any atom is 0.246 e. The van der Waals surface area contributed by atoms with Gasteiger partial charge < -0.3 is 10.2 Å². The van der Waals surface area contributed by atoms with Gasteiger partial charge in [-0.2, -0.15) is 0 Å². The fraction of sp³-hybridized carbons (Fsp3) is 0.636. The van der Waals surface area contributed by atoms with Crippen LogP contribution in [-0.4, -0.2) is 35.8 Å². The second-order valence-electron chi connectivity index (χ2n) is 4.76. The molecule has 1 heterocycles. The van der Waals surface area contributed by atoms with E-state index in [0.717, 1.165) is 0 Å². The number of rotatable bonds is 1. The standard InChI is InChI=1S/C11H16N2O2/c1-5-6-13-7-8(14)12-9(10(13)15)11(2,3)4/h1,9H,6-7H2,2-4H3,(H,12,14). The second-order valence-corrected chi connectivity index (χ2v) is 4.76. The third-order valence-corrected chi connectivity index (χ3v) is 2.35. The number of carbonyl (C=O) groups is 2. The molecule has 4 nitrogen and oxygen atoms in total. The SMILES string of the molecule is C#CCN1CC(=O)NC(C(C)(C)C)C1=O. The molecule has 1 aliphatic rings. The van der Waals surface area contributed by atoms with Crippen LogP contribution in [0.3, 0.4) is 0 Å². The van der Waals surface area contributed by atoms with E-state index >= 15 is 0 Å². The smallest absolute Gasteiger partial charge is 0.246 e. The van der Waals surface area contributed by atoms with Crippen molar-refractivity contribution in [1.29, 1.82) is 0 Å². The molecule has 1 fully saturated rings. The van der Waals surface area contributed by atoms with Crippen molar-refractivity contribution >= 4 is 11.8 Å². The minimum atomic E-state index is -0.480. The summed E-state index contributed by atoms with van der Waals surface area (Å²) in [7, 11) is 0. The van der Waals surface area contributed by atoms with E-state index in [4.69, 9.17) is 6.42 Å². The molecule has 1 aliphatic heterocycles. The molecule has 4 heteroatoms. The van der Waals surface area contributed by atoms with Gasteiger partial charge in [0.05, 0.1) is 6.54 Å². The number of nitrogens with zero attached hydrogens (tertiary/aromatic N) is 1. The summed E-state index contributed by atoms with van der Waals surface area (Å²) in [6, 6.07) is -0.480. The molecule has 0 aromatic heterocycles. The first-order chi connectivity index (χ1) is 6.86. The highest BCUT2D eigenvalue weighted by atomic mass is 16.2. The molecular formula is C11H16N2O2. The van der Waals surface area contributed by atoms with Gasteiger partial charge in [0.2, 0.25) is 11.8 Å². The number of carbonyl (C=O) groups excluding carboxylic acids is 2. The van der Waals surface area contributed by atoms with Crippen LogP contribution in [0.1, 0.15) is 20.8 Å². The van der Waals surface area contributed by atoms with Crippen LogP contribution >= 0.6 is 0 Å². The van der Waals surface area contributed by atoms with Crippen LogP contribution in [0.2, 0.25) is 0 Å². The Morgan fingerprint density at radius 3 is 2.60 bits per heavy atom. The summed E-state index contributed by atoms with van der Waals surface area (Å²) in [6.07, 6.45) is 5.15. The number of hydrogen-bond acceptors (Lipinski definition) is 2. The number of terminal acetylenes is 1. The lowest BCUT2D eigenvalue weighted by Crippen LogP contribution is -2.62. The predicted octanol–water partition coefficient (Wildman–Crippen LogP) is -0.00730. The fourth-order valence-electron chi connectivity index (χ4n) is 1.53. The third kappa shape index (κ3) is 2.50. The molecule has 0 aliphatic carbocycles. The summed E-state index contributed by atoms with van der Waals surface area (Å²) in [5, 5.41) is 2.70. The largest absolute Gasteiger partial charge is 0.342 e. The molecule has 2 amide bonds. The van der Waals surface area contributed by atoms with Gasteiger partial charge in [0.1, 0.15) is 12.6 Å². The zero-order valence-electron chi connectivity index (χ0n) is 9.33. The summed E-state index contributed by atoms with van der Waals surface area (Å²) in [5.41, 5.74) is -0.292. The first kappa shape index (κ1) is 11.6. The zero-order valence-corrected chi connectivity index (χ0v) is 9.33. The quantitative estimate of drug-likeness (QED) is 0.616. The number of amides is 2. The molecule has 0 saturated carbocycles. The van der Waals surface area contributed by atoms with Crippen LogP contribution in [0.5, 0.6) is 0 Å². The summed E-state index contributed by atoms with van der Waals surface area (Å²) < 4.78 is 0. The van der Waals surface area contributed by atoms with Gasteiger partial charge in [-0.05, 0) is 5.41 Å². The van der Waals surface area contributed by atoms with Crippen molar-refractivity contribution in [3.05, 3.63) is 0 Å². The van der Waals surface area contributed by atoms with Gasteiger partial charge >= 0.3 is 0 Å². The Balaban J connectivity index is 2.87. The van der Waals surface area contributed by atoms with E-state index in [1.54, 1.807) is 0 Å². The molecule has 1 rings (SSSR count). The first-order valence-corrected chi connectivity index (χ1v) is 4.88. The van der Waals surface area contributed by atoms with Gasteiger partial charge in [0.15, 0.2) is 0 Å². The monoisotopic (exact) mass is 208 g/mol. The average Bonchev–Trinajstić information content (AvgIpc) is 2.09. The van der Waals surface area contributed by atoms with E-state index in [2.05, 4.69) is 11.2 Å². The minimum absolute atomic E-state index is 0.0651. The summed E-state index contributed by atoms with van der Waals surface area (Å²) in [6.45, 7) is 5.99. The average molecular weight is 208 g/mol. The van der Waals surface area contributed by atoms with Gasteiger partial charge in [-0.3, -0.25) is 9.59 Å². The predicted molar refractivity (Wildman–Crippen MR) is 56.8 cm³/mol. The highest BCUT2D eigenvalue weighted by molar-refractivity contribution is 5.95. The molecule has 82 valence electrons. The number of piperazine rings is 1. The molecule has 0 radical (unpaired) electrons. The Hall–Kier alpha value is -1.50. The van der Waals surface area contributed by atoms with Crippen LogP contribution < -0.4 is 5.32 Å². The lowest BCUT2D eigenvalue weighted by atomic mass is 9.85. The second kappa shape index (κ2) is 3.93. The molecule has 0 aromatic rings. The highest BCUT2D eigenvalue weighted by Crippen LogP contribution is 2.22. The molecule has 1 saturated heterocycles. The Labute approximate surface area is 90.0 Å². The molecule has 1 N–H and O–H groups in total. The summed E-state index contributed by atoms with van der Waals surface area (Å²) >= 11 is 0. The number of nitrogens with one attached hydrogen (secondary N) is 1. The summed E-state index contributed by atoms with van der Waals surface area (Å²) in [5.74, 6) is 2.14. The van der Waals surface area contributed by atoms with Crippen molar-refractivity contribution in [1.82, 2.24) is 10.2 Å². The zero-order chi connectivity index (χ0) is 11.6. The molecular weight excluding hydrogens is 192 g/mol. The van der Waals surface area contributed by atoms with E-state index < -0.39 is 6.04 Å². The van der Waals surface area contributed by atoms with Crippen LogP contribution in [0.4, 0.5) is 0 Å². The van der Waals surface area contributed by atoms with Crippen molar-refractivity contribution in [2.24, 2.45) is 5.41 Å². The van der Waals surface area contributed by atoms with Crippen LogP contribution in [-0.2, 0) is 9.59 Å². The van der Waals surface area contributed by atoms with Crippen molar-refractivity contribution < 1.29 is 9.59 Å². The van der Waals surface area contributed by atoms with Gasteiger partial charge in [0.25, 0.3) is 0 Å².